The average Bonchev–Trinajstić information content (AvgIpc) is 3.13. The minimum Gasteiger partial charge on any atom is -0.449 e. The van der Waals surface area contributed by atoms with Crippen molar-refractivity contribution < 1.29 is 28.5 Å². The minimum atomic E-state index is -0.668. The zero-order chi connectivity index (χ0) is 36.5. The van der Waals surface area contributed by atoms with Gasteiger partial charge in [0.25, 0.3) is 0 Å². The molecule has 8 aliphatic carbocycles. The van der Waals surface area contributed by atoms with Gasteiger partial charge in [-0.3, -0.25) is 9.59 Å². The van der Waals surface area contributed by atoms with Crippen LogP contribution in [0.25, 0.3) is 0 Å². The van der Waals surface area contributed by atoms with Gasteiger partial charge in [0.05, 0.1) is 0 Å². The minimum absolute atomic E-state index is 0.203. The summed E-state index contributed by atoms with van der Waals surface area (Å²) in [5.41, 5.74) is -0.405. The number of carbonyl (C=O) groups is 2. The molecule has 6 nitrogen and oxygen atoms in total. The molecule has 0 heterocycles. The van der Waals surface area contributed by atoms with E-state index in [0.717, 1.165) is 51.9 Å². The highest BCUT2D eigenvalue weighted by Crippen LogP contribution is 2.66. The predicted octanol–water partition coefficient (Wildman–Crippen LogP) is 10.2. The third-order valence-corrected chi connectivity index (χ3v) is 17.1. The van der Waals surface area contributed by atoms with Crippen molar-refractivity contribution in [2.45, 2.75) is 119 Å². The van der Waals surface area contributed by atoms with Crippen LogP contribution in [-0.2, 0) is 30.0 Å². The third kappa shape index (κ3) is 6.17. The zero-order valence-electron chi connectivity index (χ0n) is 31.7. The quantitative estimate of drug-likeness (QED) is 0.111. The molecule has 8 unspecified atom stereocenters. The molecule has 0 aromatic heterocycles. The molecule has 11 rings (SSSR count). The van der Waals surface area contributed by atoms with Gasteiger partial charge in [0.2, 0.25) is 22.4 Å². The van der Waals surface area contributed by atoms with Crippen LogP contribution in [0.4, 0.5) is 0 Å². The molecule has 280 valence electrons. The number of ether oxygens (including phenoxy) is 4. The van der Waals surface area contributed by atoms with Crippen molar-refractivity contribution in [1.82, 2.24) is 0 Å². The van der Waals surface area contributed by atoms with Crippen molar-refractivity contribution in [3.8, 4) is 11.5 Å². The Hall–Kier alpha value is -3.45. The number of carbonyl (C=O) groups excluding carboxylic acids is 2. The van der Waals surface area contributed by atoms with Gasteiger partial charge in [0.1, 0.15) is 10.9 Å². The molecule has 0 N–H and O–H groups in total. The number of hydrogen-bond acceptors (Lipinski definition) is 6. The lowest BCUT2D eigenvalue weighted by Gasteiger charge is -2.61. The average molecular weight is 736 g/mol. The lowest BCUT2D eigenvalue weighted by atomic mass is 9.45. The Morgan fingerprint density at radius 2 is 0.943 bits per heavy atom. The van der Waals surface area contributed by atoms with Crippen LogP contribution >= 0.6 is 0 Å². The van der Waals surface area contributed by atoms with E-state index in [1.165, 1.54) is 52.4 Å². The van der Waals surface area contributed by atoms with Gasteiger partial charge in [0, 0.05) is 24.7 Å². The molecule has 0 radical (unpaired) electrons. The molecule has 8 fully saturated rings. The highest BCUT2D eigenvalue weighted by molar-refractivity contribution is 7.97. The summed E-state index contributed by atoms with van der Waals surface area (Å²) in [7, 11) is -0.668. The van der Waals surface area contributed by atoms with Gasteiger partial charge in [-0.05, 0) is 148 Å². The molecule has 8 saturated carbocycles. The van der Waals surface area contributed by atoms with E-state index in [-0.39, 0.29) is 22.8 Å². The summed E-state index contributed by atoms with van der Waals surface area (Å²) in [6.07, 6.45) is 10.6. The predicted molar refractivity (Wildman–Crippen MR) is 204 cm³/mol. The Balaban J connectivity index is 1.11. The second-order valence-electron chi connectivity index (χ2n) is 17.9. The normalized spacial score (nSPS) is 36.4. The molecule has 0 spiro atoms. The summed E-state index contributed by atoms with van der Waals surface area (Å²) in [6, 6.07) is 27.1. The number of rotatable bonds is 11. The third-order valence-electron chi connectivity index (χ3n) is 14.9. The topological polar surface area (TPSA) is 71.1 Å². The summed E-state index contributed by atoms with van der Waals surface area (Å²) >= 11 is 0. The SMILES string of the molecule is CC(=O)OC(Oc1ccccc1[S+](c1ccccc1)c1ccccc1OC(OC(C)=O)C12CC3CC(CC(C3)C1C)C2)C12CC3CC(CC(C3)C1C)C2. The molecule has 8 atom stereocenters. The van der Waals surface area contributed by atoms with E-state index in [0.29, 0.717) is 47.3 Å². The van der Waals surface area contributed by atoms with Gasteiger partial charge >= 0.3 is 11.9 Å². The molecular weight excluding hydrogens is 681 g/mol. The molecule has 3 aromatic carbocycles. The first-order chi connectivity index (χ1) is 25.6. The Bertz CT molecular complexity index is 1700. The smallest absolute Gasteiger partial charge is 0.305 e. The van der Waals surface area contributed by atoms with Crippen molar-refractivity contribution in [3.05, 3.63) is 78.9 Å². The fraction of sp³-hybridized carbons (Fsp3) is 0.565. The van der Waals surface area contributed by atoms with Crippen LogP contribution in [0.3, 0.4) is 0 Å². The number of esters is 2. The van der Waals surface area contributed by atoms with E-state index in [1.807, 2.05) is 30.3 Å². The second-order valence-corrected chi connectivity index (χ2v) is 19.9. The van der Waals surface area contributed by atoms with Crippen LogP contribution in [0.1, 0.15) is 91.9 Å². The van der Waals surface area contributed by atoms with E-state index in [9.17, 15) is 9.59 Å². The first-order valence-corrected chi connectivity index (χ1v) is 21.5. The van der Waals surface area contributed by atoms with Gasteiger partial charge in [-0.1, -0.05) is 56.3 Å². The Kier molecular flexibility index (Phi) is 9.11. The van der Waals surface area contributed by atoms with Crippen molar-refractivity contribution in [1.29, 1.82) is 0 Å². The Labute approximate surface area is 318 Å². The number of hydrogen-bond donors (Lipinski definition) is 0. The molecule has 0 amide bonds. The molecule has 53 heavy (non-hydrogen) atoms. The van der Waals surface area contributed by atoms with Crippen LogP contribution < -0.4 is 9.47 Å². The first kappa shape index (κ1) is 35.3. The van der Waals surface area contributed by atoms with E-state index in [4.69, 9.17) is 18.9 Å². The van der Waals surface area contributed by atoms with Gasteiger partial charge in [-0.15, -0.1) is 0 Å². The van der Waals surface area contributed by atoms with Crippen LogP contribution in [0.5, 0.6) is 11.5 Å². The maximum Gasteiger partial charge on any atom is 0.305 e. The number of para-hydroxylation sites is 2. The van der Waals surface area contributed by atoms with Gasteiger partial charge in [-0.25, -0.2) is 0 Å². The van der Waals surface area contributed by atoms with Gasteiger partial charge in [-0.2, -0.15) is 0 Å². The zero-order valence-corrected chi connectivity index (χ0v) is 32.5. The molecule has 8 bridgehead atoms. The van der Waals surface area contributed by atoms with Crippen LogP contribution in [0.2, 0.25) is 0 Å². The first-order valence-electron chi connectivity index (χ1n) is 20.3. The summed E-state index contributed by atoms with van der Waals surface area (Å²) in [6.45, 7) is 7.78. The van der Waals surface area contributed by atoms with E-state index in [1.54, 1.807) is 0 Å². The fourth-order valence-electron chi connectivity index (χ4n) is 12.9. The lowest BCUT2D eigenvalue weighted by Crippen LogP contribution is -2.59. The lowest BCUT2D eigenvalue weighted by molar-refractivity contribution is -0.235. The Morgan fingerprint density at radius 3 is 1.34 bits per heavy atom. The van der Waals surface area contributed by atoms with Crippen molar-refractivity contribution in [3.63, 3.8) is 0 Å². The summed E-state index contributed by atoms with van der Waals surface area (Å²) in [5, 5.41) is 0. The second kappa shape index (κ2) is 13.7. The molecule has 0 aliphatic heterocycles. The Morgan fingerprint density at radius 1 is 0.566 bits per heavy atom. The van der Waals surface area contributed by atoms with Crippen molar-refractivity contribution in [2.24, 2.45) is 58.2 Å². The van der Waals surface area contributed by atoms with Crippen LogP contribution in [0, 0.1) is 58.2 Å². The molecule has 3 aromatic rings. The van der Waals surface area contributed by atoms with E-state index >= 15 is 0 Å². The standard InChI is InChI=1S/C46H55O6S/c1-28-36-20-32-18-33(21-36)25-45(28,24-32)43(49-30(3)47)51-39-14-8-10-16-41(39)53(38-12-6-5-7-13-38)42-17-11-9-15-40(42)52-44(50-31(4)48)46-26-34-19-35(27-46)23-37(22-34)29(46)2/h5-17,28-29,32-37,43-44H,18-27H2,1-4H3/q+1. The monoisotopic (exact) mass is 735 g/mol. The molecule has 0 saturated heterocycles. The fourth-order valence-corrected chi connectivity index (χ4v) is 15.2. The molecular formula is C46H55O6S+. The number of benzene rings is 3. The van der Waals surface area contributed by atoms with Gasteiger partial charge in [0.15, 0.2) is 16.4 Å². The summed E-state index contributed by atoms with van der Waals surface area (Å²) in [4.78, 5) is 28.8. The largest absolute Gasteiger partial charge is 0.449 e. The maximum absolute atomic E-state index is 12.8. The highest BCUT2D eigenvalue weighted by atomic mass is 32.2. The van der Waals surface area contributed by atoms with E-state index in [2.05, 4.69) is 62.4 Å². The molecule has 7 heteroatoms. The van der Waals surface area contributed by atoms with Crippen LogP contribution in [0.15, 0.2) is 93.5 Å². The van der Waals surface area contributed by atoms with E-state index < -0.39 is 23.5 Å². The molecule has 8 aliphatic rings. The van der Waals surface area contributed by atoms with Crippen LogP contribution in [-0.4, -0.2) is 24.5 Å². The maximum atomic E-state index is 12.8. The van der Waals surface area contributed by atoms with Crippen molar-refractivity contribution >= 4 is 22.8 Å². The van der Waals surface area contributed by atoms with Crippen molar-refractivity contribution in [2.75, 3.05) is 0 Å². The summed E-state index contributed by atoms with van der Waals surface area (Å²) in [5.74, 6) is 5.69. The highest BCUT2D eigenvalue weighted by Gasteiger charge is 2.62. The summed E-state index contributed by atoms with van der Waals surface area (Å²) < 4.78 is 26.8. The van der Waals surface area contributed by atoms with Gasteiger partial charge < -0.3 is 18.9 Å².